The van der Waals surface area contributed by atoms with Gasteiger partial charge >= 0.3 is 0 Å². The van der Waals surface area contributed by atoms with Gasteiger partial charge in [-0.25, -0.2) is 0 Å². The summed E-state index contributed by atoms with van der Waals surface area (Å²) in [5.41, 5.74) is 2.68. The van der Waals surface area contributed by atoms with E-state index in [1.54, 1.807) is 25.1 Å². The molecule has 1 aliphatic rings. The van der Waals surface area contributed by atoms with Gasteiger partial charge in [-0.1, -0.05) is 6.92 Å². The molecule has 0 aliphatic carbocycles. The molecule has 1 N–H and O–H groups in total. The Kier molecular flexibility index (Phi) is 6.72. The zero-order chi connectivity index (χ0) is 21.7. The average molecular weight is 409 g/mol. The summed E-state index contributed by atoms with van der Waals surface area (Å²) in [6.45, 7) is 7.48. The topological polar surface area (TPSA) is 79.0 Å². The van der Waals surface area contributed by atoms with Gasteiger partial charge in [-0.15, -0.1) is 0 Å². The Hall–Kier alpha value is -3.35. The van der Waals surface area contributed by atoms with Crippen LogP contribution in [0.15, 0.2) is 42.5 Å². The van der Waals surface area contributed by atoms with Gasteiger partial charge in [0.15, 0.2) is 12.4 Å². The van der Waals surface area contributed by atoms with Crippen LogP contribution in [0.1, 0.15) is 37.6 Å². The summed E-state index contributed by atoms with van der Waals surface area (Å²) >= 11 is 0. The molecule has 0 bridgehead atoms. The van der Waals surface area contributed by atoms with E-state index in [4.69, 9.17) is 4.74 Å². The van der Waals surface area contributed by atoms with Gasteiger partial charge in [-0.05, 0) is 56.3 Å². The van der Waals surface area contributed by atoms with E-state index in [1.165, 1.54) is 4.90 Å². The lowest BCUT2D eigenvalue weighted by Gasteiger charge is -2.29. The minimum Gasteiger partial charge on any atom is -0.482 e. The Morgan fingerprint density at radius 3 is 2.40 bits per heavy atom. The van der Waals surface area contributed by atoms with Crippen molar-refractivity contribution in [1.29, 1.82) is 0 Å². The van der Waals surface area contributed by atoms with Gasteiger partial charge in [0, 0.05) is 36.4 Å². The van der Waals surface area contributed by atoms with E-state index < -0.39 is 0 Å². The van der Waals surface area contributed by atoms with Crippen LogP contribution in [-0.4, -0.2) is 43.8 Å². The van der Waals surface area contributed by atoms with E-state index in [1.807, 2.05) is 24.3 Å². The fourth-order valence-electron chi connectivity index (χ4n) is 3.44. The summed E-state index contributed by atoms with van der Waals surface area (Å²) in [4.78, 5) is 40.7. The number of hydrogen-bond acceptors (Lipinski definition) is 5. The Bertz CT molecular complexity index is 936. The number of Topliss-reactive ketones (excluding diaryl/α,β-unsaturated/α-hetero) is 1. The first-order valence-electron chi connectivity index (χ1n) is 10.2. The molecule has 30 heavy (non-hydrogen) atoms. The average Bonchev–Trinajstić information content (AvgIpc) is 2.76. The van der Waals surface area contributed by atoms with Crippen molar-refractivity contribution in [2.24, 2.45) is 0 Å². The number of nitrogens with zero attached hydrogens (tertiary/aromatic N) is 2. The predicted molar refractivity (Wildman–Crippen MR) is 118 cm³/mol. The second-order valence-electron chi connectivity index (χ2n) is 7.00. The zero-order valence-electron chi connectivity index (χ0n) is 17.6. The second-order valence-corrected chi connectivity index (χ2v) is 7.00. The maximum atomic E-state index is 12.6. The molecule has 3 rings (SSSR count). The second kappa shape index (κ2) is 9.43. The van der Waals surface area contributed by atoms with Crippen molar-refractivity contribution in [3.8, 4) is 5.75 Å². The van der Waals surface area contributed by atoms with Gasteiger partial charge in [0.25, 0.3) is 5.91 Å². The first-order chi connectivity index (χ1) is 14.5. The van der Waals surface area contributed by atoms with E-state index in [-0.39, 0.29) is 30.7 Å². The zero-order valence-corrected chi connectivity index (χ0v) is 17.6. The minimum absolute atomic E-state index is 0.0338. The molecule has 7 heteroatoms. The molecule has 7 nitrogen and oxygen atoms in total. The van der Waals surface area contributed by atoms with Crippen LogP contribution < -0.4 is 19.9 Å². The van der Waals surface area contributed by atoms with Gasteiger partial charge in [0.2, 0.25) is 5.91 Å². The van der Waals surface area contributed by atoms with Crippen molar-refractivity contribution >= 4 is 34.7 Å². The number of fused-ring (bicyclic) bond motifs is 1. The lowest BCUT2D eigenvalue weighted by molar-refractivity contribution is -0.123. The highest BCUT2D eigenvalue weighted by Crippen LogP contribution is 2.33. The number of benzene rings is 2. The maximum Gasteiger partial charge on any atom is 0.265 e. The predicted octanol–water partition coefficient (Wildman–Crippen LogP) is 3.49. The van der Waals surface area contributed by atoms with Gasteiger partial charge in [0.1, 0.15) is 12.3 Å². The Balaban J connectivity index is 1.74. The van der Waals surface area contributed by atoms with Crippen molar-refractivity contribution in [2.75, 3.05) is 41.4 Å². The van der Waals surface area contributed by atoms with E-state index >= 15 is 0 Å². The van der Waals surface area contributed by atoms with Crippen molar-refractivity contribution < 1.29 is 19.1 Å². The SMILES string of the molecule is CCC(=O)c1ccc2c(c1)N(CC(=O)Nc1ccc(N(CC)CC)cc1)C(=O)CO2. The minimum atomic E-state index is -0.323. The fraction of sp³-hybridized carbons (Fsp3) is 0.348. The molecule has 0 unspecified atom stereocenters. The number of amides is 2. The summed E-state index contributed by atoms with van der Waals surface area (Å²) in [7, 11) is 0. The van der Waals surface area contributed by atoms with Crippen LogP contribution in [-0.2, 0) is 9.59 Å². The smallest absolute Gasteiger partial charge is 0.265 e. The van der Waals surface area contributed by atoms with Gasteiger partial charge < -0.3 is 15.0 Å². The maximum absolute atomic E-state index is 12.6. The molecule has 2 amide bonds. The third-order valence-corrected chi connectivity index (χ3v) is 5.13. The number of hydrogen-bond donors (Lipinski definition) is 1. The van der Waals surface area contributed by atoms with Gasteiger partial charge in [-0.3, -0.25) is 19.3 Å². The summed E-state index contributed by atoms with van der Waals surface area (Å²) in [5, 5.41) is 2.83. The van der Waals surface area contributed by atoms with E-state index in [0.29, 0.717) is 29.1 Å². The Labute approximate surface area is 176 Å². The molecule has 0 atom stereocenters. The molecule has 0 saturated carbocycles. The molecular weight excluding hydrogens is 382 g/mol. The number of carbonyl (C=O) groups excluding carboxylic acids is 3. The van der Waals surface area contributed by atoms with Crippen LogP contribution in [0.2, 0.25) is 0 Å². The molecule has 0 saturated heterocycles. The number of nitrogens with one attached hydrogen (secondary N) is 1. The summed E-state index contributed by atoms with van der Waals surface area (Å²) < 4.78 is 5.45. The molecule has 0 fully saturated rings. The number of carbonyl (C=O) groups is 3. The summed E-state index contributed by atoms with van der Waals surface area (Å²) in [6, 6.07) is 12.6. The number of ether oxygens (including phenoxy) is 1. The number of ketones is 1. The molecule has 0 radical (unpaired) electrons. The molecule has 1 heterocycles. The molecule has 0 aromatic heterocycles. The molecule has 158 valence electrons. The van der Waals surface area contributed by atoms with Crippen LogP contribution in [0.5, 0.6) is 5.75 Å². The van der Waals surface area contributed by atoms with Crippen molar-refractivity contribution in [3.05, 3.63) is 48.0 Å². The lowest BCUT2D eigenvalue weighted by atomic mass is 10.1. The lowest BCUT2D eigenvalue weighted by Crippen LogP contribution is -2.43. The molecule has 0 spiro atoms. The largest absolute Gasteiger partial charge is 0.482 e. The summed E-state index contributed by atoms with van der Waals surface area (Å²) in [6.07, 6.45) is 0.359. The standard InChI is InChI=1S/C23H27N3O4/c1-4-20(27)16-7-12-21-19(13-16)26(23(29)15-30-21)14-22(28)24-17-8-10-18(11-9-17)25(5-2)6-3/h7-13H,4-6,14-15H2,1-3H3,(H,24,28). The normalized spacial score (nSPS) is 12.8. The summed E-state index contributed by atoms with van der Waals surface area (Å²) in [5.74, 6) is -0.193. The highest BCUT2D eigenvalue weighted by Gasteiger charge is 2.28. The van der Waals surface area contributed by atoms with Gasteiger partial charge in [-0.2, -0.15) is 0 Å². The van der Waals surface area contributed by atoms with Crippen LogP contribution in [0.3, 0.4) is 0 Å². The van der Waals surface area contributed by atoms with Crippen molar-refractivity contribution in [2.45, 2.75) is 27.2 Å². The first-order valence-corrected chi connectivity index (χ1v) is 10.2. The van der Waals surface area contributed by atoms with Gasteiger partial charge in [0.05, 0.1) is 5.69 Å². The van der Waals surface area contributed by atoms with Crippen LogP contribution >= 0.6 is 0 Å². The molecule has 1 aliphatic heterocycles. The number of anilines is 3. The van der Waals surface area contributed by atoms with Crippen LogP contribution in [0, 0.1) is 0 Å². The first kappa shape index (κ1) is 21.4. The molecule has 2 aromatic carbocycles. The monoisotopic (exact) mass is 409 g/mol. The van der Waals surface area contributed by atoms with E-state index in [0.717, 1.165) is 18.8 Å². The third kappa shape index (κ3) is 4.62. The molecule has 2 aromatic rings. The highest BCUT2D eigenvalue weighted by molar-refractivity contribution is 6.06. The quantitative estimate of drug-likeness (QED) is 0.675. The number of rotatable bonds is 8. The van der Waals surface area contributed by atoms with E-state index in [2.05, 4.69) is 24.1 Å². The van der Waals surface area contributed by atoms with Crippen LogP contribution in [0.25, 0.3) is 0 Å². The Morgan fingerprint density at radius 1 is 1.07 bits per heavy atom. The van der Waals surface area contributed by atoms with Crippen molar-refractivity contribution in [1.82, 2.24) is 0 Å². The van der Waals surface area contributed by atoms with Crippen molar-refractivity contribution in [3.63, 3.8) is 0 Å². The molecular formula is C23H27N3O4. The highest BCUT2D eigenvalue weighted by atomic mass is 16.5. The fourth-order valence-corrected chi connectivity index (χ4v) is 3.44. The van der Waals surface area contributed by atoms with Crippen LogP contribution in [0.4, 0.5) is 17.1 Å². The van der Waals surface area contributed by atoms with E-state index in [9.17, 15) is 14.4 Å². The third-order valence-electron chi connectivity index (χ3n) is 5.13. The Morgan fingerprint density at radius 2 is 1.77 bits per heavy atom.